The Hall–Kier alpha value is -2.25. The first-order valence-electron chi connectivity index (χ1n) is 8.87. The van der Waals surface area contributed by atoms with Crippen molar-refractivity contribution in [1.29, 1.82) is 0 Å². The van der Waals surface area contributed by atoms with E-state index in [0.717, 1.165) is 30.0 Å². The number of aryl methyl sites for hydroxylation is 1. The Morgan fingerprint density at radius 1 is 1.38 bits per heavy atom. The molecule has 138 valence electrons. The van der Waals surface area contributed by atoms with Gasteiger partial charge >= 0.3 is 0 Å². The Labute approximate surface area is 157 Å². The molecule has 1 aliphatic rings. The maximum Gasteiger partial charge on any atom is 0.275 e. The largest absolute Gasteiger partial charge is 0.336 e. The molecule has 1 aliphatic heterocycles. The van der Waals surface area contributed by atoms with Crippen molar-refractivity contribution < 1.29 is 9.59 Å². The molecule has 2 aromatic rings. The quantitative estimate of drug-likeness (QED) is 0.863. The fourth-order valence-corrected chi connectivity index (χ4v) is 3.85. The van der Waals surface area contributed by atoms with Crippen LogP contribution in [0.4, 0.5) is 5.69 Å². The average Bonchev–Trinajstić information content (AvgIpc) is 3.12. The number of hydrogen-bond acceptors (Lipinski definition) is 5. The smallest absolute Gasteiger partial charge is 0.275 e. The van der Waals surface area contributed by atoms with Crippen molar-refractivity contribution in [3.8, 4) is 0 Å². The number of nitrogens with two attached hydrogens (primary N) is 1. The van der Waals surface area contributed by atoms with Crippen molar-refractivity contribution in [2.75, 3.05) is 11.9 Å². The lowest BCUT2D eigenvalue weighted by Gasteiger charge is -2.33. The summed E-state index contributed by atoms with van der Waals surface area (Å²) in [5, 5.41) is 5.28. The predicted molar refractivity (Wildman–Crippen MR) is 103 cm³/mol. The number of anilines is 1. The van der Waals surface area contributed by atoms with Gasteiger partial charge in [0.1, 0.15) is 10.7 Å². The lowest BCUT2D eigenvalue weighted by atomic mass is 10.0. The van der Waals surface area contributed by atoms with Gasteiger partial charge in [0.05, 0.1) is 0 Å². The van der Waals surface area contributed by atoms with Crippen molar-refractivity contribution in [2.24, 2.45) is 5.73 Å². The fraction of sp³-hybridized carbons (Fsp3) is 0.421. The standard InChI is InChI=1S/C19H24N4O2S/c1-12-9-14(19(25)23-8-4-3-5-13(23)2)6-7-15(12)22-18(24)16-11-26-17(10-20)21-16/h6-7,9,11,13H,3-5,8,10,20H2,1-2H3,(H,22,24). The SMILES string of the molecule is Cc1cc(C(=O)N2CCCCC2C)ccc1NC(=O)c1csc(CN)n1. The Morgan fingerprint density at radius 3 is 2.85 bits per heavy atom. The molecule has 3 rings (SSSR count). The second-order valence-electron chi connectivity index (χ2n) is 6.66. The van der Waals surface area contributed by atoms with Gasteiger partial charge in [0.2, 0.25) is 0 Å². The third-order valence-corrected chi connectivity index (χ3v) is 5.62. The highest BCUT2D eigenvalue weighted by Crippen LogP contribution is 2.23. The van der Waals surface area contributed by atoms with E-state index in [-0.39, 0.29) is 17.9 Å². The number of nitrogens with zero attached hydrogens (tertiary/aromatic N) is 2. The first-order chi connectivity index (χ1) is 12.5. The Morgan fingerprint density at radius 2 is 2.19 bits per heavy atom. The molecule has 0 saturated carbocycles. The first-order valence-corrected chi connectivity index (χ1v) is 9.75. The zero-order chi connectivity index (χ0) is 18.7. The molecule has 0 bridgehead atoms. The Balaban J connectivity index is 1.72. The zero-order valence-electron chi connectivity index (χ0n) is 15.1. The normalized spacial score (nSPS) is 17.2. The van der Waals surface area contributed by atoms with E-state index < -0.39 is 0 Å². The van der Waals surface area contributed by atoms with Crippen molar-refractivity contribution in [3.05, 3.63) is 45.4 Å². The molecule has 1 saturated heterocycles. The van der Waals surface area contributed by atoms with Crippen LogP contribution in [0.25, 0.3) is 0 Å². The van der Waals surface area contributed by atoms with E-state index in [0.29, 0.717) is 23.5 Å². The van der Waals surface area contributed by atoms with Gasteiger partial charge < -0.3 is 16.0 Å². The number of amides is 2. The molecule has 7 heteroatoms. The molecule has 3 N–H and O–H groups in total. The van der Waals surface area contributed by atoms with Crippen LogP contribution in [0.5, 0.6) is 0 Å². The number of rotatable bonds is 4. The number of carbonyl (C=O) groups is 2. The molecule has 1 aromatic carbocycles. The van der Waals surface area contributed by atoms with Crippen LogP contribution < -0.4 is 11.1 Å². The monoisotopic (exact) mass is 372 g/mol. The number of benzene rings is 1. The lowest BCUT2D eigenvalue weighted by Crippen LogP contribution is -2.42. The van der Waals surface area contributed by atoms with Crippen molar-refractivity contribution >= 4 is 28.8 Å². The number of carbonyl (C=O) groups excluding carboxylic acids is 2. The van der Waals surface area contributed by atoms with Gasteiger partial charge in [-0.15, -0.1) is 11.3 Å². The maximum absolute atomic E-state index is 12.8. The molecule has 1 fully saturated rings. The summed E-state index contributed by atoms with van der Waals surface area (Å²) in [4.78, 5) is 31.2. The van der Waals surface area contributed by atoms with Gasteiger partial charge in [0.15, 0.2) is 0 Å². The number of hydrogen-bond donors (Lipinski definition) is 2. The summed E-state index contributed by atoms with van der Waals surface area (Å²) >= 11 is 1.37. The van der Waals surface area contributed by atoms with E-state index in [4.69, 9.17) is 5.73 Å². The number of piperidine rings is 1. The summed E-state index contributed by atoms with van der Waals surface area (Å²) in [5.41, 5.74) is 8.09. The molecule has 26 heavy (non-hydrogen) atoms. The van der Waals surface area contributed by atoms with Crippen LogP contribution in [0.3, 0.4) is 0 Å². The summed E-state index contributed by atoms with van der Waals surface area (Å²) in [5.74, 6) is -0.210. The van der Waals surface area contributed by atoms with Gasteiger partial charge in [0.25, 0.3) is 11.8 Å². The summed E-state index contributed by atoms with van der Waals surface area (Å²) in [6.45, 7) is 5.12. The van der Waals surface area contributed by atoms with Gasteiger partial charge in [-0.05, 0) is 56.9 Å². The number of aromatic nitrogens is 1. The maximum atomic E-state index is 12.8. The molecule has 6 nitrogen and oxygen atoms in total. The van der Waals surface area contributed by atoms with Crippen molar-refractivity contribution in [1.82, 2.24) is 9.88 Å². The van der Waals surface area contributed by atoms with Gasteiger partial charge in [-0.25, -0.2) is 4.98 Å². The molecule has 2 heterocycles. The fourth-order valence-electron chi connectivity index (χ4n) is 3.20. The zero-order valence-corrected chi connectivity index (χ0v) is 15.9. The minimum atomic E-state index is -0.271. The molecule has 1 atom stereocenters. The number of nitrogens with one attached hydrogen (secondary N) is 1. The molecule has 0 spiro atoms. The van der Waals surface area contributed by atoms with Crippen LogP contribution in [0.2, 0.25) is 0 Å². The molecule has 0 radical (unpaired) electrons. The molecular formula is C19H24N4O2S. The van der Waals surface area contributed by atoms with Gasteiger partial charge in [-0.2, -0.15) is 0 Å². The molecular weight excluding hydrogens is 348 g/mol. The average molecular weight is 372 g/mol. The van der Waals surface area contributed by atoms with E-state index >= 15 is 0 Å². The molecule has 2 amide bonds. The molecule has 0 aliphatic carbocycles. The van der Waals surface area contributed by atoms with Gasteiger partial charge in [0, 0.05) is 35.8 Å². The van der Waals surface area contributed by atoms with E-state index in [1.165, 1.54) is 17.8 Å². The highest BCUT2D eigenvalue weighted by Gasteiger charge is 2.24. The van der Waals surface area contributed by atoms with Crippen LogP contribution >= 0.6 is 11.3 Å². The van der Waals surface area contributed by atoms with Gasteiger partial charge in [-0.1, -0.05) is 0 Å². The first kappa shape index (κ1) is 18.5. The Bertz CT molecular complexity index is 818. The van der Waals surface area contributed by atoms with Crippen LogP contribution in [0.1, 0.15) is 57.6 Å². The minimum Gasteiger partial charge on any atom is -0.336 e. The second kappa shape index (κ2) is 7.97. The van der Waals surface area contributed by atoms with E-state index in [1.54, 1.807) is 17.5 Å². The number of likely N-dealkylation sites (tertiary alicyclic amines) is 1. The highest BCUT2D eigenvalue weighted by atomic mass is 32.1. The third kappa shape index (κ3) is 3.94. The van der Waals surface area contributed by atoms with E-state index in [9.17, 15) is 9.59 Å². The summed E-state index contributed by atoms with van der Waals surface area (Å²) in [6, 6.07) is 5.67. The van der Waals surface area contributed by atoms with Crippen molar-refractivity contribution in [3.63, 3.8) is 0 Å². The van der Waals surface area contributed by atoms with Crippen LogP contribution in [0.15, 0.2) is 23.6 Å². The topological polar surface area (TPSA) is 88.3 Å². The molecule has 1 unspecified atom stereocenters. The van der Waals surface area contributed by atoms with E-state index in [1.807, 2.05) is 17.9 Å². The van der Waals surface area contributed by atoms with Crippen LogP contribution in [-0.2, 0) is 6.54 Å². The predicted octanol–water partition coefficient (Wildman–Crippen LogP) is 3.18. The lowest BCUT2D eigenvalue weighted by molar-refractivity contribution is 0.0635. The van der Waals surface area contributed by atoms with E-state index in [2.05, 4.69) is 17.2 Å². The van der Waals surface area contributed by atoms with Crippen molar-refractivity contribution in [2.45, 2.75) is 45.7 Å². The van der Waals surface area contributed by atoms with Crippen LogP contribution in [0, 0.1) is 6.92 Å². The summed E-state index contributed by atoms with van der Waals surface area (Å²) in [6.07, 6.45) is 3.29. The number of thiazole rings is 1. The third-order valence-electron chi connectivity index (χ3n) is 4.74. The highest BCUT2D eigenvalue weighted by molar-refractivity contribution is 7.09. The minimum absolute atomic E-state index is 0.0604. The summed E-state index contributed by atoms with van der Waals surface area (Å²) in [7, 11) is 0. The summed E-state index contributed by atoms with van der Waals surface area (Å²) < 4.78 is 0. The second-order valence-corrected chi connectivity index (χ2v) is 7.60. The van der Waals surface area contributed by atoms with Gasteiger partial charge in [-0.3, -0.25) is 9.59 Å². The van der Waals surface area contributed by atoms with Crippen LogP contribution in [-0.4, -0.2) is 34.3 Å². The molecule has 1 aromatic heterocycles. The Kier molecular flexibility index (Phi) is 5.68.